The fourth-order valence-corrected chi connectivity index (χ4v) is 1.27. The van der Waals surface area contributed by atoms with Crippen molar-refractivity contribution in [3.05, 3.63) is 28.8 Å². The summed E-state index contributed by atoms with van der Waals surface area (Å²) in [6.07, 6.45) is -2.73. The van der Waals surface area contributed by atoms with Gasteiger partial charge >= 0.3 is 0 Å². The average Bonchev–Trinajstić information content (AvgIpc) is 2.07. The standard InChI is InChI=1S/C10H10F2O2/c1-5-3-8(10(11)12)9(14)4-7(5)6(2)13/h3-4,10,14H,1-2H3. The Labute approximate surface area is 80.2 Å². The number of ketones is 1. The van der Waals surface area contributed by atoms with Crippen LogP contribution in [0, 0.1) is 6.92 Å². The van der Waals surface area contributed by atoms with Gasteiger partial charge in [-0.25, -0.2) is 8.78 Å². The molecule has 0 aliphatic heterocycles. The molecule has 0 amide bonds. The van der Waals surface area contributed by atoms with E-state index >= 15 is 0 Å². The second-order valence-electron chi connectivity index (χ2n) is 3.08. The zero-order chi connectivity index (χ0) is 10.9. The van der Waals surface area contributed by atoms with Gasteiger partial charge in [-0.15, -0.1) is 0 Å². The molecule has 1 rings (SSSR count). The van der Waals surface area contributed by atoms with Crippen molar-refractivity contribution in [1.82, 2.24) is 0 Å². The van der Waals surface area contributed by atoms with E-state index < -0.39 is 17.7 Å². The molecular weight excluding hydrogens is 190 g/mol. The van der Waals surface area contributed by atoms with E-state index in [4.69, 9.17) is 0 Å². The van der Waals surface area contributed by atoms with Crippen molar-refractivity contribution in [3.8, 4) is 5.75 Å². The van der Waals surface area contributed by atoms with Crippen molar-refractivity contribution in [3.63, 3.8) is 0 Å². The third kappa shape index (κ3) is 1.89. The van der Waals surface area contributed by atoms with Gasteiger partial charge in [0.1, 0.15) is 5.75 Å². The fraction of sp³-hybridized carbons (Fsp3) is 0.300. The van der Waals surface area contributed by atoms with Crippen LogP contribution in [-0.4, -0.2) is 10.9 Å². The number of aryl methyl sites for hydroxylation is 1. The lowest BCUT2D eigenvalue weighted by molar-refractivity contribution is 0.101. The number of phenolic OH excluding ortho intramolecular Hbond substituents is 1. The van der Waals surface area contributed by atoms with Crippen molar-refractivity contribution >= 4 is 5.78 Å². The summed E-state index contributed by atoms with van der Waals surface area (Å²) in [6, 6.07) is 2.22. The van der Waals surface area contributed by atoms with Gasteiger partial charge in [0.25, 0.3) is 6.43 Å². The molecule has 0 unspecified atom stereocenters. The van der Waals surface area contributed by atoms with Crippen LogP contribution < -0.4 is 0 Å². The molecule has 0 radical (unpaired) electrons. The summed E-state index contributed by atoms with van der Waals surface area (Å²) >= 11 is 0. The molecule has 4 heteroatoms. The monoisotopic (exact) mass is 200 g/mol. The number of Topliss-reactive ketones (excluding diaryl/α,β-unsaturated/α-hetero) is 1. The van der Waals surface area contributed by atoms with Crippen LogP contribution in [0.1, 0.15) is 34.8 Å². The zero-order valence-corrected chi connectivity index (χ0v) is 7.84. The first kappa shape index (κ1) is 10.6. The van der Waals surface area contributed by atoms with Crippen LogP contribution in [0.25, 0.3) is 0 Å². The van der Waals surface area contributed by atoms with Gasteiger partial charge in [-0.2, -0.15) is 0 Å². The maximum absolute atomic E-state index is 12.3. The van der Waals surface area contributed by atoms with E-state index in [0.29, 0.717) is 5.56 Å². The van der Waals surface area contributed by atoms with Crippen LogP contribution >= 0.6 is 0 Å². The summed E-state index contributed by atoms with van der Waals surface area (Å²) in [6.45, 7) is 2.88. The lowest BCUT2D eigenvalue weighted by Crippen LogP contribution is -1.98. The lowest BCUT2D eigenvalue weighted by atomic mass is 10.0. The molecule has 0 saturated carbocycles. The number of aromatic hydroxyl groups is 1. The smallest absolute Gasteiger partial charge is 0.267 e. The van der Waals surface area contributed by atoms with Gasteiger partial charge in [-0.1, -0.05) is 0 Å². The normalized spacial score (nSPS) is 10.6. The molecule has 0 spiro atoms. The van der Waals surface area contributed by atoms with Gasteiger partial charge in [0.2, 0.25) is 0 Å². The number of phenols is 1. The van der Waals surface area contributed by atoms with Crippen LogP contribution in [0.3, 0.4) is 0 Å². The molecule has 1 aromatic carbocycles. The maximum atomic E-state index is 12.3. The van der Waals surface area contributed by atoms with E-state index in [-0.39, 0.29) is 11.3 Å². The van der Waals surface area contributed by atoms with E-state index in [1.165, 1.54) is 6.92 Å². The van der Waals surface area contributed by atoms with Gasteiger partial charge in [-0.3, -0.25) is 4.79 Å². The third-order valence-electron chi connectivity index (χ3n) is 1.99. The van der Waals surface area contributed by atoms with Crippen LogP contribution in [-0.2, 0) is 0 Å². The molecule has 1 N–H and O–H groups in total. The molecule has 0 aliphatic rings. The highest BCUT2D eigenvalue weighted by Gasteiger charge is 2.16. The number of rotatable bonds is 2. The summed E-state index contributed by atoms with van der Waals surface area (Å²) in [5.74, 6) is -0.783. The molecule has 76 valence electrons. The Morgan fingerprint density at radius 3 is 2.43 bits per heavy atom. The van der Waals surface area contributed by atoms with Crippen molar-refractivity contribution < 1.29 is 18.7 Å². The first-order valence-electron chi connectivity index (χ1n) is 4.06. The second kappa shape index (κ2) is 3.74. The summed E-state index contributed by atoms with van der Waals surface area (Å²) in [7, 11) is 0. The molecule has 0 atom stereocenters. The Morgan fingerprint density at radius 2 is 2.00 bits per heavy atom. The highest BCUT2D eigenvalue weighted by molar-refractivity contribution is 5.96. The van der Waals surface area contributed by atoms with Gasteiger partial charge in [0.05, 0.1) is 5.56 Å². The quantitative estimate of drug-likeness (QED) is 0.745. The second-order valence-corrected chi connectivity index (χ2v) is 3.08. The molecule has 0 bridgehead atoms. The van der Waals surface area contributed by atoms with Crippen molar-refractivity contribution in [2.45, 2.75) is 20.3 Å². The average molecular weight is 200 g/mol. The van der Waals surface area contributed by atoms with Crippen molar-refractivity contribution in [1.29, 1.82) is 0 Å². The molecule has 0 aromatic heterocycles. The molecule has 0 aliphatic carbocycles. The summed E-state index contributed by atoms with van der Waals surface area (Å²) < 4.78 is 24.6. The Kier molecular flexibility index (Phi) is 2.84. The van der Waals surface area contributed by atoms with Gasteiger partial charge in [-0.05, 0) is 31.5 Å². The summed E-state index contributed by atoms with van der Waals surface area (Å²) in [5, 5.41) is 9.20. The number of hydrogen-bond donors (Lipinski definition) is 1. The zero-order valence-electron chi connectivity index (χ0n) is 7.84. The molecule has 0 heterocycles. The summed E-state index contributed by atoms with van der Waals surface area (Å²) in [4.78, 5) is 11.0. The number of carbonyl (C=O) groups is 1. The highest BCUT2D eigenvalue weighted by atomic mass is 19.3. The van der Waals surface area contributed by atoms with Crippen molar-refractivity contribution in [2.75, 3.05) is 0 Å². The maximum Gasteiger partial charge on any atom is 0.267 e. The third-order valence-corrected chi connectivity index (χ3v) is 1.99. The number of alkyl halides is 2. The molecule has 2 nitrogen and oxygen atoms in total. The van der Waals surface area contributed by atoms with Crippen molar-refractivity contribution in [2.24, 2.45) is 0 Å². The molecule has 0 fully saturated rings. The SMILES string of the molecule is CC(=O)c1cc(O)c(C(F)F)cc1C. The van der Waals surface area contributed by atoms with Gasteiger partial charge < -0.3 is 5.11 Å². The minimum atomic E-state index is -2.73. The van der Waals surface area contributed by atoms with Crippen LogP contribution in [0.5, 0.6) is 5.75 Å². The molecule has 1 aromatic rings. The number of carbonyl (C=O) groups excluding carboxylic acids is 1. The number of halogens is 2. The largest absolute Gasteiger partial charge is 0.507 e. The predicted molar refractivity (Wildman–Crippen MR) is 47.8 cm³/mol. The van der Waals surface area contributed by atoms with E-state index in [1.54, 1.807) is 6.92 Å². The highest BCUT2D eigenvalue weighted by Crippen LogP contribution is 2.30. The summed E-state index contributed by atoms with van der Waals surface area (Å²) in [5.41, 5.74) is 0.282. The molecule has 0 saturated heterocycles. The Hall–Kier alpha value is -1.45. The Bertz CT molecular complexity index is 373. The molecular formula is C10H10F2O2. The predicted octanol–water partition coefficient (Wildman–Crippen LogP) is 2.84. The van der Waals surface area contributed by atoms with Gasteiger partial charge in [0, 0.05) is 5.56 Å². The lowest BCUT2D eigenvalue weighted by Gasteiger charge is -2.08. The van der Waals surface area contributed by atoms with Crippen LogP contribution in [0.4, 0.5) is 8.78 Å². The van der Waals surface area contributed by atoms with E-state index in [2.05, 4.69) is 0 Å². The Balaban J connectivity index is 3.31. The molecule has 14 heavy (non-hydrogen) atoms. The van der Waals surface area contributed by atoms with E-state index in [9.17, 15) is 18.7 Å². The first-order valence-corrected chi connectivity index (χ1v) is 4.06. The Morgan fingerprint density at radius 1 is 1.43 bits per heavy atom. The van der Waals surface area contributed by atoms with E-state index in [1.807, 2.05) is 0 Å². The van der Waals surface area contributed by atoms with Crippen LogP contribution in [0.2, 0.25) is 0 Å². The number of benzene rings is 1. The number of hydrogen-bond acceptors (Lipinski definition) is 2. The fourth-order valence-electron chi connectivity index (χ4n) is 1.27. The van der Waals surface area contributed by atoms with Gasteiger partial charge in [0.15, 0.2) is 5.78 Å². The van der Waals surface area contributed by atoms with E-state index in [0.717, 1.165) is 12.1 Å². The topological polar surface area (TPSA) is 37.3 Å². The van der Waals surface area contributed by atoms with Crippen LogP contribution in [0.15, 0.2) is 12.1 Å². The minimum absolute atomic E-state index is 0.251. The first-order chi connectivity index (χ1) is 6.43. The minimum Gasteiger partial charge on any atom is -0.507 e.